The summed E-state index contributed by atoms with van der Waals surface area (Å²) in [7, 11) is 0. The molecule has 0 bridgehead atoms. The third kappa shape index (κ3) is 3.19. The zero-order chi connectivity index (χ0) is 18.1. The number of piperidine rings is 1. The smallest absolute Gasteiger partial charge is 0.321 e. The van der Waals surface area contributed by atoms with Gasteiger partial charge < -0.3 is 20.3 Å². The summed E-state index contributed by atoms with van der Waals surface area (Å²) in [5.41, 5.74) is 1.48. The van der Waals surface area contributed by atoms with Gasteiger partial charge in [0, 0.05) is 42.7 Å². The minimum Gasteiger partial charge on any atom is -0.478 e. The Morgan fingerprint density at radius 3 is 3.12 bits per heavy atom. The minimum atomic E-state index is -0.633. The summed E-state index contributed by atoms with van der Waals surface area (Å²) < 4.78 is 19.2. The van der Waals surface area contributed by atoms with Crippen molar-refractivity contribution in [2.75, 3.05) is 30.3 Å². The third-order valence-electron chi connectivity index (χ3n) is 4.59. The molecule has 1 aromatic heterocycles. The highest BCUT2D eigenvalue weighted by Gasteiger charge is 2.26. The number of aromatic nitrogens is 2. The van der Waals surface area contributed by atoms with Crippen LogP contribution in [0.5, 0.6) is 5.75 Å². The number of benzene rings is 1. The topological polar surface area (TPSA) is 99.3 Å². The van der Waals surface area contributed by atoms with Gasteiger partial charge in [-0.25, -0.2) is 9.18 Å². The molecule has 1 saturated heterocycles. The van der Waals surface area contributed by atoms with Gasteiger partial charge in [-0.1, -0.05) is 0 Å². The van der Waals surface area contributed by atoms with Crippen molar-refractivity contribution in [1.29, 1.82) is 0 Å². The number of halogens is 1. The number of likely N-dealkylation sites (tertiary alicyclic amines) is 1. The second kappa shape index (κ2) is 6.66. The molecule has 1 aromatic carbocycles. The molecular weight excluding hydrogens is 341 g/mol. The molecule has 2 aliphatic rings. The number of amides is 3. The largest absolute Gasteiger partial charge is 0.478 e. The molecule has 1 fully saturated rings. The standard InChI is InChI=1S/C17H18FN5O3/c18-12-6-11(7-14-16(12)26-9-15(24)21-14)20-17(25)23-5-1-2-10(8-23)13-3-4-19-22-13/h3-4,6-7,10H,1-2,5,8-9H2,(H,19,22)(H,20,25)(H,21,24). The Balaban J connectivity index is 1.47. The van der Waals surface area contributed by atoms with Crippen molar-refractivity contribution in [1.82, 2.24) is 15.1 Å². The first kappa shape index (κ1) is 16.4. The van der Waals surface area contributed by atoms with Gasteiger partial charge in [-0.05, 0) is 25.0 Å². The third-order valence-corrected chi connectivity index (χ3v) is 4.59. The fourth-order valence-corrected chi connectivity index (χ4v) is 3.34. The summed E-state index contributed by atoms with van der Waals surface area (Å²) in [5, 5.41) is 12.1. The Morgan fingerprint density at radius 2 is 2.31 bits per heavy atom. The molecule has 3 N–H and O–H groups in total. The van der Waals surface area contributed by atoms with Gasteiger partial charge in [-0.3, -0.25) is 9.89 Å². The van der Waals surface area contributed by atoms with Crippen LogP contribution in [-0.4, -0.2) is 46.7 Å². The number of rotatable bonds is 2. The maximum atomic E-state index is 14.1. The number of hydrogen-bond acceptors (Lipinski definition) is 4. The molecule has 8 nitrogen and oxygen atoms in total. The molecule has 9 heteroatoms. The number of carbonyl (C=O) groups excluding carboxylic acids is 2. The fraction of sp³-hybridized carbons (Fsp3) is 0.353. The van der Waals surface area contributed by atoms with Crippen LogP contribution in [0.1, 0.15) is 24.5 Å². The van der Waals surface area contributed by atoms with E-state index in [9.17, 15) is 14.0 Å². The number of aromatic amines is 1. The lowest BCUT2D eigenvalue weighted by atomic mass is 9.95. The van der Waals surface area contributed by atoms with E-state index in [2.05, 4.69) is 20.8 Å². The van der Waals surface area contributed by atoms with Crippen LogP contribution in [0.2, 0.25) is 0 Å². The molecule has 1 atom stereocenters. The number of nitrogens with one attached hydrogen (secondary N) is 3. The lowest BCUT2D eigenvalue weighted by Gasteiger charge is -2.32. The average Bonchev–Trinajstić information content (AvgIpc) is 3.16. The van der Waals surface area contributed by atoms with E-state index in [1.165, 1.54) is 12.1 Å². The Bertz CT molecular complexity index is 839. The SMILES string of the molecule is O=C1COc2c(F)cc(NC(=O)N3CCCC(c4ccn[nH]4)C3)cc2N1. The van der Waals surface area contributed by atoms with Crippen molar-refractivity contribution in [2.24, 2.45) is 0 Å². The van der Waals surface area contributed by atoms with Crippen LogP contribution < -0.4 is 15.4 Å². The van der Waals surface area contributed by atoms with E-state index >= 15 is 0 Å². The molecule has 0 aliphatic carbocycles. The van der Waals surface area contributed by atoms with Crippen LogP contribution in [0.25, 0.3) is 0 Å². The fourth-order valence-electron chi connectivity index (χ4n) is 3.34. The first-order valence-electron chi connectivity index (χ1n) is 8.41. The lowest BCUT2D eigenvalue weighted by Crippen LogP contribution is -2.41. The molecule has 0 radical (unpaired) electrons. The molecule has 4 rings (SSSR count). The van der Waals surface area contributed by atoms with Gasteiger partial charge in [0.15, 0.2) is 18.2 Å². The molecule has 2 aromatic rings. The molecular formula is C17H18FN5O3. The Morgan fingerprint density at radius 1 is 1.42 bits per heavy atom. The van der Waals surface area contributed by atoms with Gasteiger partial charge in [0.1, 0.15) is 0 Å². The van der Waals surface area contributed by atoms with E-state index in [-0.39, 0.29) is 41.6 Å². The number of nitrogens with zero attached hydrogens (tertiary/aromatic N) is 2. The van der Waals surface area contributed by atoms with Gasteiger partial charge in [0.05, 0.1) is 5.69 Å². The second-order valence-corrected chi connectivity index (χ2v) is 6.40. The van der Waals surface area contributed by atoms with Crippen LogP contribution in [-0.2, 0) is 4.79 Å². The summed E-state index contributed by atoms with van der Waals surface area (Å²) >= 11 is 0. The highest BCUT2D eigenvalue weighted by atomic mass is 19.1. The van der Waals surface area contributed by atoms with E-state index in [1.807, 2.05) is 6.07 Å². The zero-order valence-corrected chi connectivity index (χ0v) is 13.9. The number of ether oxygens (including phenoxy) is 1. The van der Waals surface area contributed by atoms with Gasteiger partial charge in [-0.2, -0.15) is 5.10 Å². The Kier molecular flexibility index (Phi) is 4.19. The molecule has 136 valence electrons. The van der Waals surface area contributed by atoms with Crippen molar-refractivity contribution >= 4 is 23.3 Å². The summed E-state index contributed by atoms with van der Waals surface area (Å²) in [5.74, 6) is -0.810. The maximum absolute atomic E-state index is 14.1. The summed E-state index contributed by atoms with van der Waals surface area (Å²) in [6.07, 6.45) is 3.54. The number of hydrogen-bond donors (Lipinski definition) is 3. The summed E-state index contributed by atoms with van der Waals surface area (Å²) in [4.78, 5) is 25.7. The van der Waals surface area contributed by atoms with Crippen molar-refractivity contribution in [2.45, 2.75) is 18.8 Å². The molecule has 26 heavy (non-hydrogen) atoms. The number of fused-ring (bicyclic) bond motifs is 1. The first-order valence-corrected chi connectivity index (χ1v) is 8.41. The number of H-pyrrole nitrogens is 1. The van der Waals surface area contributed by atoms with Crippen molar-refractivity contribution < 1.29 is 18.7 Å². The monoisotopic (exact) mass is 359 g/mol. The van der Waals surface area contributed by atoms with Gasteiger partial charge in [0.25, 0.3) is 5.91 Å². The van der Waals surface area contributed by atoms with Crippen molar-refractivity contribution in [3.05, 3.63) is 35.9 Å². The van der Waals surface area contributed by atoms with Crippen molar-refractivity contribution in [3.63, 3.8) is 0 Å². The highest BCUT2D eigenvalue weighted by Crippen LogP contribution is 2.34. The number of anilines is 2. The van der Waals surface area contributed by atoms with Crippen LogP contribution in [0.3, 0.4) is 0 Å². The normalized spacial score (nSPS) is 19.3. The molecule has 0 saturated carbocycles. The number of carbonyl (C=O) groups is 2. The Hall–Kier alpha value is -3.10. The van der Waals surface area contributed by atoms with E-state index in [0.29, 0.717) is 13.1 Å². The lowest BCUT2D eigenvalue weighted by molar-refractivity contribution is -0.118. The van der Waals surface area contributed by atoms with Crippen LogP contribution in [0.15, 0.2) is 24.4 Å². The molecule has 2 aliphatic heterocycles. The Labute approximate surface area is 148 Å². The van der Waals surface area contributed by atoms with Crippen LogP contribution in [0.4, 0.5) is 20.6 Å². The number of urea groups is 1. The van der Waals surface area contributed by atoms with Crippen molar-refractivity contribution in [3.8, 4) is 5.75 Å². The van der Waals surface area contributed by atoms with Gasteiger partial charge in [-0.15, -0.1) is 0 Å². The average molecular weight is 359 g/mol. The predicted octanol–water partition coefficient (Wildman–Crippen LogP) is 2.29. The minimum absolute atomic E-state index is 0.0140. The second-order valence-electron chi connectivity index (χ2n) is 6.40. The van der Waals surface area contributed by atoms with Crippen LogP contribution >= 0.6 is 0 Å². The van der Waals surface area contributed by atoms with E-state index in [4.69, 9.17) is 4.74 Å². The summed E-state index contributed by atoms with van der Waals surface area (Å²) in [6.45, 7) is 0.962. The van der Waals surface area contributed by atoms with Gasteiger partial charge >= 0.3 is 6.03 Å². The molecule has 0 spiro atoms. The van der Waals surface area contributed by atoms with Gasteiger partial charge in [0.2, 0.25) is 0 Å². The quantitative estimate of drug-likeness (QED) is 0.766. The molecule has 3 amide bonds. The highest BCUT2D eigenvalue weighted by molar-refractivity contribution is 5.97. The molecule has 3 heterocycles. The van der Waals surface area contributed by atoms with E-state index < -0.39 is 5.82 Å². The summed E-state index contributed by atoms with van der Waals surface area (Å²) in [6, 6.07) is 4.28. The maximum Gasteiger partial charge on any atom is 0.321 e. The molecule has 1 unspecified atom stereocenters. The zero-order valence-electron chi connectivity index (χ0n) is 13.9. The first-order chi connectivity index (χ1) is 12.6. The van der Waals surface area contributed by atoms with E-state index in [1.54, 1.807) is 11.1 Å². The van der Waals surface area contributed by atoms with E-state index in [0.717, 1.165) is 18.5 Å². The van der Waals surface area contributed by atoms with Crippen LogP contribution in [0, 0.1) is 5.82 Å². The predicted molar refractivity (Wildman–Crippen MR) is 91.7 cm³/mol.